The Morgan fingerprint density at radius 3 is 2.38 bits per heavy atom. The summed E-state index contributed by atoms with van der Waals surface area (Å²) in [6.45, 7) is 2.92. The molecule has 0 aromatic heterocycles. The molecule has 1 aliphatic carbocycles. The fourth-order valence-electron chi connectivity index (χ4n) is 0.951. The van der Waals surface area contributed by atoms with E-state index in [2.05, 4.69) is 11.9 Å². The lowest BCUT2D eigenvalue weighted by Crippen LogP contribution is -2.68. The van der Waals surface area contributed by atoms with E-state index in [0.717, 1.165) is 0 Å². The van der Waals surface area contributed by atoms with Gasteiger partial charge in [-0.15, -0.1) is 0 Å². The average Bonchev–Trinajstić information content (AvgIpc) is 2.04. The Hall–Kier alpha value is -1.07. The van der Waals surface area contributed by atoms with Gasteiger partial charge in [0, 0.05) is 6.42 Å². The summed E-state index contributed by atoms with van der Waals surface area (Å²) in [6, 6.07) is 0. The van der Waals surface area contributed by atoms with Gasteiger partial charge in [-0.25, -0.2) is 14.1 Å². The van der Waals surface area contributed by atoms with E-state index < -0.39 is 30.2 Å². The Kier molecular flexibility index (Phi) is 2.09. The number of nitrogens with zero attached hydrogens (tertiary/aromatic N) is 1. The van der Waals surface area contributed by atoms with Crippen LogP contribution >= 0.6 is 0 Å². The largest absolute Gasteiger partial charge is 0.332 e. The minimum atomic E-state index is -4.20. The molecule has 0 bridgehead atoms. The van der Waals surface area contributed by atoms with Crippen molar-refractivity contribution in [2.75, 3.05) is 0 Å². The molecule has 6 heteroatoms. The van der Waals surface area contributed by atoms with Crippen molar-refractivity contribution in [1.82, 2.24) is 5.32 Å². The van der Waals surface area contributed by atoms with Crippen molar-refractivity contribution >= 4 is 5.91 Å². The lowest BCUT2D eigenvalue weighted by molar-refractivity contribution is -0.270. The number of amides is 1. The molecule has 0 aliphatic heterocycles. The van der Waals surface area contributed by atoms with Crippen LogP contribution in [0.5, 0.6) is 0 Å². The third kappa shape index (κ3) is 1.30. The highest BCUT2D eigenvalue weighted by atomic mass is 19.3. The first-order valence-electron chi connectivity index (χ1n) is 3.43. The third-order valence-corrected chi connectivity index (χ3v) is 1.82. The monoisotopic (exact) mass is 196 g/mol. The summed E-state index contributed by atoms with van der Waals surface area (Å²) in [5.41, 5.74) is 0. The summed E-state index contributed by atoms with van der Waals surface area (Å²) in [4.78, 5) is 10.4. The van der Waals surface area contributed by atoms with Gasteiger partial charge >= 0.3 is 5.92 Å². The van der Waals surface area contributed by atoms with Gasteiger partial charge in [-0.05, 0) is 6.08 Å². The first-order chi connectivity index (χ1) is 5.83. The molecule has 1 rings (SSSR count). The van der Waals surface area contributed by atoms with Crippen LogP contribution in [0.25, 0.3) is 0 Å². The summed E-state index contributed by atoms with van der Waals surface area (Å²) in [5, 5.41) is 2.52. The molecule has 1 fully saturated rings. The highest BCUT2D eigenvalue weighted by Gasteiger charge is 2.73. The van der Waals surface area contributed by atoms with E-state index in [1.807, 2.05) is 0 Å². The molecule has 1 amide bonds. The zero-order valence-electron chi connectivity index (χ0n) is 6.44. The molecule has 0 aromatic rings. The van der Waals surface area contributed by atoms with E-state index in [0.29, 0.717) is 6.08 Å². The van der Waals surface area contributed by atoms with Crippen LogP contribution in [0, 0.1) is 0 Å². The van der Waals surface area contributed by atoms with E-state index in [-0.39, 0.29) is 0 Å². The van der Waals surface area contributed by atoms with Crippen molar-refractivity contribution in [3.63, 3.8) is 0 Å². The van der Waals surface area contributed by atoms with Crippen LogP contribution in [0.15, 0.2) is 12.7 Å². The summed E-state index contributed by atoms with van der Waals surface area (Å²) in [6.07, 6.45) is -3.07. The normalized spacial score (nSPS) is 36.2. The second kappa shape index (κ2) is 2.71. The van der Waals surface area contributed by atoms with Crippen LogP contribution in [0.1, 0.15) is 6.42 Å². The Balaban J connectivity index is 2.70. The highest BCUT2D eigenvalue weighted by Crippen LogP contribution is 2.50. The van der Waals surface area contributed by atoms with Gasteiger partial charge in [0.2, 0.25) is 0 Å². The Bertz CT molecular complexity index is 255. The predicted octanol–water partition coefficient (Wildman–Crippen LogP) is 1.35. The van der Waals surface area contributed by atoms with E-state index in [1.165, 1.54) is 0 Å². The van der Waals surface area contributed by atoms with Gasteiger partial charge < -0.3 is 0 Å². The third-order valence-electron chi connectivity index (χ3n) is 1.82. The first kappa shape index (κ1) is 10.0. The van der Waals surface area contributed by atoms with Crippen LogP contribution in [-0.2, 0) is 4.79 Å². The standard InChI is InChI=1S/C7H6F4NO/c1-2-5(13)12-6(9)3-4(8)7(6,10)11/h2,4H,1,3H2. The number of hydrogen-bond acceptors (Lipinski definition) is 1. The van der Waals surface area contributed by atoms with Gasteiger partial charge in [-0.1, -0.05) is 6.58 Å². The number of carbonyl (C=O) groups excluding carboxylic acids is 1. The second-order valence-corrected chi connectivity index (χ2v) is 2.71. The van der Waals surface area contributed by atoms with Gasteiger partial charge in [0.15, 0.2) is 6.17 Å². The molecule has 73 valence electrons. The molecule has 0 saturated heterocycles. The predicted molar refractivity (Wildman–Crippen MR) is 35.6 cm³/mol. The molecule has 1 aliphatic rings. The zero-order valence-corrected chi connectivity index (χ0v) is 6.44. The average molecular weight is 196 g/mol. The maximum atomic E-state index is 12.9. The first-order valence-corrected chi connectivity index (χ1v) is 3.43. The van der Waals surface area contributed by atoms with E-state index in [1.54, 1.807) is 0 Å². The maximum Gasteiger partial charge on any atom is 0.332 e. The van der Waals surface area contributed by atoms with Crippen LogP contribution in [0.3, 0.4) is 0 Å². The summed E-state index contributed by atoms with van der Waals surface area (Å²) >= 11 is 0. The van der Waals surface area contributed by atoms with Gasteiger partial charge in [-0.3, -0.25) is 4.79 Å². The molecule has 2 atom stereocenters. The minimum absolute atomic E-state index is 0.586. The molecular weight excluding hydrogens is 190 g/mol. The van der Waals surface area contributed by atoms with Crippen LogP contribution in [0.4, 0.5) is 17.6 Å². The van der Waals surface area contributed by atoms with Crippen LogP contribution in [-0.4, -0.2) is 23.8 Å². The smallest absolute Gasteiger partial charge is 0.268 e. The number of alkyl halides is 4. The molecule has 13 heavy (non-hydrogen) atoms. The fourth-order valence-corrected chi connectivity index (χ4v) is 0.951. The summed E-state index contributed by atoms with van der Waals surface area (Å²) in [7, 11) is 0. The van der Waals surface area contributed by atoms with Crippen molar-refractivity contribution in [2.24, 2.45) is 0 Å². The molecule has 0 spiro atoms. The Morgan fingerprint density at radius 1 is 1.54 bits per heavy atom. The number of rotatable bonds is 2. The van der Waals surface area contributed by atoms with Crippen molar-refractivity contribution in [2.45, 2.75) is 24.3 Å². The van der Waals surface area contributed by atoms with E-state index in [9.17, 15) is 22.4 Å². The highest BCUT2D eigenvalue weighted by molar-refractivity contribution is 5.87. The Labute approximate surface area is 71.6 Å². The van der Waals surface area contributed by atoms with E-state index >= 15 is 0 Å². The second-order valence-electron chi connectivity index (χ2n) is 2.71. The lowest BCUT2D eigenvalue weighted by Gasteiger charge is -2.43. The quantitative estimate of drug-likeness (QED) is 0.372. The lowest BCUT2D eigenvalue weighted by atomic mass is 9.82. The molecule has 0 aromatic carbocycles. The van der Waals surface area contributed by atoms with Gasteiger partial charge in [0.25, 0.3) is 11.7 Å². The molecule has 2 nitrogen and oxygen atoms in total. The van der Waals surface area contributed by atoms with Gasteiger partial charge in [0.1, 0.15) is 0 Å². The van der Waals surface area contributed by atoms with Crippen molar-refractivity contribution in [3.05, 3.63) is 12.7 Å². The SMILES string of the molecule is C=CC(=O)[N]C1(F)CC(F)C1(F)F. The topological polar surface area (TPSA) is 31.2 Å². The van der Waals surface area contributed by atoms with Crippen molar-refractivity contribution < 1.29 is 22.4 Å². The van der Waals surface area contributed by atoms with E-state index in [4.69, 9.17) is 0 Å². The molecule has 0 N–H and O–H groups in total. The van der Waals surface area contributed by atoms with Crippen LogP contribution in [0.2, 0.25) is 0 Å². The summed E-state index contributed by atoms with van der Waals surface area (Å²) < 4.78 is 50.0. The van der Waals surface area contributed by atoms with Gasteiger partial charge in [0.05, 0.1) is 0 Å². The zero-order chi connectivity index (χ0) is 10.3. The number of hydrogen-bond donors (Lipinski definition) is 0. The fraction of sp³-hybridized carbons (Fsp3) is 0.571. The van der Waals surface area contributed by atoms with Crippen LogP contribution < -0.4 is 5.32 Å². The maximum absolute atomic E-state index is 12.9. The van der Waals surface area contributed by atoms with Crippen molar-refractivity contribution in [1.29, 1.82) is 0 Å². The molecular formula is C7H6F4NO. The number of halogens is 4. The van der Waals surface area contributed by atoms with Crippen molar-refractivity contribution in [3.8, 4) is 0 Å². The Morgan fingerprint density at radius 2 is 2.08 bits per heavy atom. The molecule has 2 unspecified atom stereocenters. The number of carbonyl (C=O) groups is 1. The van der Waals surface area contributed by atoms with Gasteiger partial charge in [-0.2, -0.15) is 8.78 Å². The molecule has 1 radical (unpaired) electrons. The molecule has 1 saturated carbocycles. The summed E-state index contributed by atoms with van der Waals surface area (Å²) in [5.74, 6) is -8.81. The molecule has 0 heterocycles. The minimum Gasteiger partial charge on any atom is -0.268 e.